The Labute approximate surface area is 69.9 Å². The fraction of sp³-hybridized carbons (Fsp3) is 1.00. The van der Waals surface area contributed by atoms with Crippen LogP contribution in [0.5, 0.6) is 0 Å². The molecule has 11 heavy (non-hydrogen) atoms. The van der Waals surface area contributed by atoms with Gasteiger partial charge in [0, 0.05) is 18.6 Å². The Hall–Kier alpha value is -0.0800. The molecule has 0 spiro atoms. The summed E-state index contributed by atoms with van der Waals surface area (Å²) in [5.74, 6) is 0.771. The molecule has 0 bridgehead atoms. The summed E-state index contributed by atoms with van der Waals surface area (Å²) in [6.07, 6.45) is 1.30. The fourth-order valence-electron chi connectivity index (χ4n) is 1.82. The van der Waals surface area contributed by atoms with E-state index in [2.05, 4.69) is 38.1 Å². The number of rotatable bonds is 2. The molecule has 66 valence electrons. The summed E-state index contributed by atoms with van der Waals surface area (Å²) in [5.41, 5.74) is 3.42. The second-order valence-electron chi connectivity index (χ2n) is 4.01. The first-order valence-corrected chi connectivity index (χ1v) is 4.64. The van der Waals surface area contributed by atoms with Gasteiger partial charge in [0.1, 0.15) is 0 Å². The standard InChI is InChI=1S/C9H20N2/c1-7(2)9-5-6-10-11(9)8(3)4/h7-10H,5-6H2,1-4H3. The van der Waals surface area contributed by atoms with Gasteiger partial charge in [0.25, 0.3) is 0 Å². The van der Waals surface area contributed by atoms with Crippen molar-refractivity contribution >= 4 is 0 Å². The zero-order chi connectivity index (χ0) is 8.43. The van der Waals surface area contributed by atoms with Crippen molar-refractivity contribution in [2.24, 2.45) is 5.92 Å². The first-order chi connectivity index (χ1) is 5.13. The Kier molecular flexibility index (Phi) is 2.90. The Morgan fingerprint density at radius 1 is 1.27 bits per heavy atom. The highest BCUT2D eigenvalue weighted by molar-refractivity contribution is 4.80. The Morgan fingerprint density at radius 2 is 1.91 bits per heavy atom. The monoisotopic (exact) mass is 156 g/mol. The minimum atomic E-state index is 0.630. The van der Waals surface area contributed by atoms with Gasteiger partial charge in [-0.15, -0.1) is 0 Å². The molecule has 1 aliphatic rings. The Bertz CT molecular complexity index is 107. The van der Waals surface area contributed by atoms with E-state index in [-0.39, 0.29) is 0 Å². The predicted molar refractivity (Wildman–Crippen MR) is 48.2 cm³/mol. The van der Waals surface area contributed by atoms with Gasteiger partial charge in [-0.1, -0.05) is 13.8 Å². The van der Waals surface area contributed by atoms with E-state index in [1.807, 2.05) is 0 Å². The molecule has 0 aliphatic carbocycles. The quantitative estimate of drug-likeness (QED) is 0.653. The maximum Gasteiger partial charge on any atom is 0.0282 e. The van der Waals surface area contributed by atoms with Crippen LogP contribution in [0.4, 0.5) is 0 Å². The molecule has 1 heterocycles. The molecule has 0 radical (unpaired) electrons. The summed E-state index contributed by atoms with van der Waals surface area (Å²) < 4.78 is 0. The lowest BCUT2D eigenvalue weighted by Crippen LogP contribution is -2.44. The maximum absolute atomic E-state index is 3.42. The third-order valence-corrected chi connectivity index (χ3v) is 2.42. The molecule has 2 heteroatoms. The molecule has 0 aromatic rings. The zero-order valence-electron chi connectivity index (χ0n) is 8.09. The van der Waals surface area contributed by atoms with Crippen LogP contribution in [-0.2, 0) is 0 Å². The van der Waals surface area contributed by atoms with Crippen molar-refractivity contribution in [3.8, 4) is 0 Å². The van der Waals surface area contributed by atoms with E-state index < -0.39 is 0 Å². The van der Waals surface area contributed by atoms with E-state index in [4.69, 9.17) is 0 Å². The van der Waals surface area contributed by atoms with E-state index in [1.54, 1.807) is 0 Å². The average Bonchev–Trinajstić information content (AvgIpc) is 2.32. The van der Waals surface area contributed by atoms with Gasteiger partial charge >= 0.3 is 0 Å². The van der Waals surface area contributed by atoms with Crippen LogP contribution in [0.3, 0.4) is 0 Å². The summed E-state index contributed by atoms with van der Waals surface area (Å²) in [6, 6.07) is 1.37. The predicted octanol–water partition coefficient (Wildman–Crippen LogP) is 1.63. The van der Waals surface area contributed by atoms with Gasteiger partial charge < -0.3 is 0 Å². The van der Waals surface area contributed by atoms with Crippen LogP contribution in [0.15, 0.2) is 0 Å². The smallest absolute Gasteiger partial charge is 0.0282 e. The maximum atomic E-state index is 3.42. The minimum absolute atomic E-state index is 0.630. The van der Waals surface area contributed by atoms with Crippen LogP contribution in [0.25, 0.3) is 0 Å². The van der Waals surface area contributed by atoms with Crippen molar-refractivity contribution in [2.45, 2.75) is 46.2 Å². The van der Waals surface area contributed by atoms with Crippen LogP contribution in [0.1, 0.15) is 34.1 Å². The topological polar surface area (TPSA) is 15.3 Å². The lowest BCUT2D eigenvalue weighted by Gasteiger charge is -2.30. The molecule has 1 atom stereocenters. The number of hydrazine groups is 1. The van der Waals surface area contributed by atoms with Crippen molar-refractivity contribution in [1.29, 1.82) is 0 Å². The van der Waals surface area contributed by atoms with Crippen molar-refractivity contribution < 1.29 is 0 Å². The van der Waals surface area contributed by atoms with Gasteiger partial charge in [0.2, 0.25) is 0 Å². The third-order valence-electron chi connectivity index (χ3n) is 2.42. The molecule has 1 N–H and O–H groups in total. The molecular formula is C9H20N2. The van der Waals surface area contributed by atoms with Crippen LogP contribution < -0.4 is 5.43 Å². The zero-order valence-corrected chi connectivity index (χ0v) is 8.09. The fourth-order valence-corrected chi connectivity index (χ4v) is 1.82. The number of nitrogens with zero attached hydrogens (tertiary/aromatic N) is 1. The normalized spacial score (nSPS) is 27.3. The van der Waals surface area contributed by atoms with Gasteiger partial charge in [0.15, 0.2) is 0 Å². The highest BCUT2D eigenvalue weighted by atomic mass is 15.6. The molecule has 1 rings (SSSR count). The van der Waals surface area contributed by atoms with Gasteiger partial charge in [-0.25, -0.2) is 5.01 Å². The minimum Gasteiger partial charge on any atom is -0.255 e. The number of hydrogen-bond donors (Lipinski definition) is 1. The molecule has 1 unspecified atom stereocenters. The third kappa shape index (κ3) is 1.94. The van der Waals surface area contributed by atoms with Gasteiger partial charge in [0.05, 0.1) is 0 Å². The van der Waals surface area contributed by atoms with E-state index in [1.165, 1.54) is 6.42 Å². The molecule has 0 aromatic carbocycles. The van der Waals surface area contributed by atoms with E-state index >= 15 is 0 Å². The summed E-state index contributed by atoms with van der Waals surface area (Å²) in [7, 11) is 0. The summed E-state index contributed by atoms with van der Waals surface area (Å²) in [6.45, 7) is 10.2. The summed E-state index contributed by atoms with van der Waals surface area (Å²) in [4.78, 5) is 0. The van der Waals surface area contributed by atoms with Crippen molar-refractivity contribution in [1.82, 2.24) is 10.4 Å². The van der Waals surface area contributed by atoms with E-state index in [9.17, 15) is 0 Å². The van der Waals surface area contributed by atoms with Crippen LogP contribution >= 0.6 is 0 Å². The second-order valence-corrected chi connectivity index (χ2v) is 4.01. The van der Waals surface area contributed by atoms with Crippen molar-refractivity contribution in [3.63, 3.8) is 0 Å². The van der Waals surface area contributed by atoms with Gasteiger partial charge in [-0.3, -0.25) is 5.43 Å². The largest absolute Gasteiger partial charge is 0.255 e. The Morgan fingerprint density at radius 3 is 2.27 bits per heavy atom. The first-order valence-electron chi connectivity index (χ1n) is 4.64. The van der Waals surface area contributed by atoms with Gasteiger partial charge in [-0.05, 0) is 26.2 Å². The molecule has 1 saturated heterocycles. The SMILES string of the molecule is CC(C)C1CCNN1C(C)C. The molecular weight excluding hydrogens is 136 g/mol. The summed E-state index contributed by atoms with van der Waals surface area (Å²) >= 11 is 0. The van der Waals surface area contributed by atoms with Crippen molar-refractivity contribution in [3.05, 3.63) is 0 Å². The highest BCUT2D eigenvalue weighted by Crippen LogP contribution is 2.19. The lowest BCUT2D eigenvalue weighted by atomic mass is 10.0. The second kappa shape index (κ2) is 3.55. The summed E-state index contributed by atoms with van der Waals surface area (Å²) in [5, 5.41) is 2.39. The molecule has 0 amide bonds. The molecule has 2 nitrogen and oxygen atoms in total. The molecule has 1 fully saturated rings. The van der Waals surface area contributed by atoms with Crippen molar-refractivity contribution in [2.75, 3.05) is 6.54 Å². The van der Waals surface area contributed by atoms with Crippen LogP contribution in [-0.4, -0.2) is 23.6 Å². The highest BCUT2D eigenvalue weighted by Gasteiger charge is 2.28. The Balaban J connectivity index is 2.51. The first kappa shape index (κ1) is 9.01. The average molecular weight is 156 g/mol. The van der Waals surface area contributed by atoms with Crippen LogP contribution in [0.2, 0.25) is 0 Å². The molecule has 0 aromatic heterocycles. The van der Waals surface area contributed by atoms with E-state index in [0.29, 0.717) is 6.04 Å². The molecule has 1 aliphatic heterocycles. The number of hydrogen-bond acceptors (Lipinski definition) is 2. The lowest BCUT2D eigenvalue weighted by molar-refractivity contribution is 0.113. The number of nitrogens with one attached hydrogen (secondary N) is 1. The van der Waals surface area contributed by atoms with E-state index in [0.717, 1.165) is 18.5 Å². The molecule has 0 saturated carbocycles. The van der Waals surface area contributed by atoms with Gasteiger partial charge in [-0.2, -0.15) is 0 Å². The van der Waals surface area contributed by atoms with Crippen LogP contribution in [0, 0.1) is 5.92 Å².